The minimum Gasteiger partial charge on any atom is -0.327 e. The Labute approximate surface area is 74.7 Å². The molecule has 0 saturated carbocycles. The molecule has 0 aromatic rings. The van der Waals surface area contributed by atoms with Gasteiger partial charge in [0.2, 0.25) is 0 Å². The zero-order valence-electron chi connectivity index (χ0n) is 8.30. The zero-order valence-corrected chi connectivity index (χ0v) is 8.30. The largest absolute Gasteiger partial charge is 0.327 e. The van der Waals surface area contributed by atoms with Gasteiger partial charge in [-0.25, -0.2) is 0 Å². The van der Waals surface area contributed by atoms with Gasteiger partial charge >= 0.3 is 0 Å². The van der Waals surface area contributed by atoms with E-state index in [0.29, 0.717) is 0 Å². The molecule has 0 amide bonds. The van der Waals surface area contributed by atoms with Gasteiger partial charge in [-0.2, -0.15) is 0 Å². The summed E-state index contributed by atoms with van der Waals surface area (Å²) in [6.45, 7) is 6.50. The molecule has 0 rings (SSSR count). The fourth-order valence-corrected chi connectivity index (χ4v) is 1.00. The average molecular weight is 174 g/mol. The van der Waals surface area contributed by atoms with Crippen molar-refractivity contribution < 1.29 is 0 Å². The summed E-state index contributed by atoms with van der Waals surface area (Å²) in [5.74, 6) is 0. The van der Waals surface area contributed by atoms with Gasteiger partial charge in [-0.1, -0.05) is 20.8 Å². The molecule has 0 fully saturated rings. The molecule has 4 heteroatoms. The van der Waals surface area contributed by atoms with Gasteiger partial charge in [0.15, 0.2) is 0 Å². The molecular formula is C8H22N4. The summed E-state index contributed by atoms with van der Waals surface area (Å²) in [4.78, 5) is 0. The van der Waals surface area contributed by atoms with Crippen molar-refractivity contribution in [1.82, 2.24) is 0 Å². The summed E-state index contributed by atoms with van der Waals surface area (Å²) in [6.07, 6.45) is 0.775. The molecule has 0 saturated heterocycles. The van der Waals surface area contributed by atoms with Crippen molar-refractivity contribution in [3.63, 3.8) is 0 Å². The Morgan fingerprint density at radius 3 is 1.83 bits per heavy atom. The van der Waals surface area contributed by atoms with E-state index >= 15 is 0 Å². The quantitative estimate of drug-likeness (QED) is 0.426. The van der Waals surface area contributed by atoms with E-state index in [4.69, 9.17) is 22.9 Å². The Bertz CT molecular complexity index is 136. The van der Waals surface area contributed by atoms with Crippen LogP contribution in [0.2, 0.25) is 0 Å². The highest BCUT2D eigenvalue weighted by atomic mass is 15.0. The summed E-state index contributed by atoms with van der Waals surface area (Å²) in [7, 11) is 0. The van der Waals surface area contributed by atoms with Crippen molar-refractivity contribution in [3.05, 3.63) is 0 Å². The molecular weight excluding hydrogens is 152 g/mol. The molecule has 0 aromatic carbocycles. The van der Waals surface area contributed by atoms with Gasteiger partial charge in [-0.15, -0.1) is 0 Å². The Morgan fingerprint density at radius 1 is 1.17 bits per heavy atom. The van der Waals surface area contributed by atoms with Gasteiger partial charge in [-0.05, 0) is 11.8 Å². The van der Waals surface area contributed by atoms with Crippen molar-refractivity contribution in [2.45, 2.75) is 38.9 Å². The van der Waals surface area contributed by atoms with Gasteiger partial charge in [0.05, 0.1) is 5.66 Å². The molecule has 1 unspecified atom stereocenters. The number of hydrogen-bond donors (Lipinski definition) is 4. The van der Waals surface area contributed by atoms with Gasteiger partial charge in [-0.3, -0.25) is 0 Å². The van der Waals surface area contributed by atoms with Crippen LogP contribution in [0, 0.1) is 5.41 Å². The molecule has 12 heavy (non-hydrogen) atoms. The maximum absolute atomic E-state index is 5.82. The first-order chi connectivity index (χ1) is 5.19. The lowest BCUT2D eigenvalue weighted by atomic mass is 9.84. The second kappa shape index (κ2) is 3.70. The molecule has 8 N–H and O–H groups in total. The third-order valence-corrected chi connectivity index (χ3v) is 1.88. The van der Waals surface area contributed by atoms with E-state index in [9.17, 15) is 0 Å². The monoisotopic (exact) mass is 174 g/mol. The van der Waals surface area contributed by atoms with Gasteiger partial charge < -0.3 is 22.9 Å². The predicted molar refractivity (Wildman–Crippen MR) is 52.2 cm³/mol. The fraction of sp³-hybridized carbons (Fsp3) is 1.00. The summed E-state index contributed by atoms with van der Waals surface area (Å²) in [5.41, 5.74) is 21.8. The minimum atomic E-state index is -0.937. The van der Waals surface area contributed by atoms with Gasteiger partial charge in [0.25, 0.3) is 0 Å². The molecule has 0 aromatic heterocycles. The van der Waals surface area contributed by atoms with Gasteiger partial charge in [0.1, 0.15) is 0 Å². The van der Waals surface area contributed by atoms with E-state index in [-0.39, 0.29) is 18.0 Å². The number of hydrogen-bond acceptors (Lipinski definition) is 4. The predicted octanol–water partition coefficient (Wildman–Crippen LogP) is -0.678. The zero-order chi connectivity index (χ0) is 9.99. The van der Waals surface area contributed by atoms with E-state index in [0.717, 1.165) is 6.42 Å². The molecule has 4 nitrogen and oxygen atoms in total. The molecule has 0 aliphatic heterocycles. The molecule has 0 bridgehead atoms. The molecule has 0 aliphatic rings. The topological polar surface area (TPSA) is 104 Å². The van der Waals surface area contributed by atoms with E-state index < -0.39 is 5.66 Å². The van der Waals surface area contributed by atoms with E-state index in [1.54, 1.807) is 0 Å². The molecule has 1 atom stereocenters. The second-order valence-electron chi connectivity index (χ2n) is 4.69. The maximum atomic E-state index is 5.82. The number of nitrogens with two attached hydrogens (primary N) is 4. The normalized spacial score (nSPS) is 16.2. The SMILES string of the molecule is CC(C)(C)CC(N)C(N)(N)CN. The lowest BCUT2D eigenvalue weighted by molar-refractivity contribution is 0.259. The van der Waals surface area contributed by atoms with Crippen molar-refractivity contribution in [1.29, 1.82) is 0 Å². The van der Waals surface area contributed by atoms with Crippen LogP contribution in [-0.4, -0.2) is 18.2 Å². The standard InChI is InChI=1S/C8H22N4/c1-7(2,3)4-6(10)8(11,12)5-9/h6H,4-5,9-12H2,1-3H3. The van der Waals surface area contributed by atoms with Crippen molar-refractivity contribution in [2.75, 3.05) is 6.54 Å². The van der Waals surface area contributed by atoms with Crippen LogP contribution in [0.3, 0.4) is 0 Å². The molecule has 74 valence electrons. The van der Waals surface area contributed by atoms with Crippen LogP contribution < -0.4 is 22.9 Å². The lowest BCUT2D eigenvalue weighted by Crippen LogP contribution is -2.67. The molecule has 0 aliphatic carbocycles. The maximum Gasteiger partial charge on any atom is 0.0918 e. The highest BCUT2D eigenvalue weighted by Gasteiger charge is 2.29. The highest BCUT2D eigenvalue weighted by molar-refractivity contribution is 4.91. The minimum absolute atomic E-state index is 0.137. The van der Waals surface area contributed by atoms with Crippen LogP contribution in [0.4, 0.5) is 0 Å². The average Bonchev–Trinajstić information content (AvgIpc) is 1.84. The molecule has 0 heterocycles. The van der Waals surface area contributed by atoms with E-state index in [1.165, 1.54) is 0 Å². The smallest absolute Gasteiger partial charge is 0.0918 e. The third kappa shape index (κ3) is 4.01. The Hall–Kier alpha value is -0.160. The van der Waals surface area contributed by atoms with Crippen LogP contribution in [0.15, 0.2) is 0 Å². The van der Waals surface area contributed by atoms with E-state index in [1.807, 2.05) is 0 Å². The van der Waals surface area contributed by atoms with Crippen LogP contribution in [0.25, 0.3) is 0 Å². The number of rotatable bonds is 3. The van der Waals surface area contributed by atoms with Crippen LogP contribution in [-0.2, 0) is 0 Å². The second-order valence-corrected chi connectivity index (χ2v) is 4.69. The third-order valence-electron chi connectivity index (χ3n) is 1.88. The van der Waals surface area contributed by atoms with Crippen LogP contribution in [0.1, 0.15) is 27.2 Å². The fourth-order valence-electron chi connectivity index (χ4n) is 1.00. The highest BCUT2D eigenvalue weighted by Crippen LogP contribution is 2.21. The van der Waals surface area contributed by atoms with Crippen molar-refractivity contribution in [2.24, 2.45) is 28.3 Å². The van der Waals surface area contributed by atoms with Crippen molar-refractivity contribution >= 4 is 0 Å². The van der Waals surface area contributed by atoms with Crippen molar-refractivity contribution in [3.8, 4) is 0 Å². The Morgan fingerprint density at radius 2 is 1.58 bits per heavy atom. The first-order valence-electron chi connectivity index (χ1n) is 4.22. The summed E-state index contributed by atoms with van der Waals surface area (Å²) in [5, 5.41) is 0. The van der Waals surface area contributed by atoms with Gasteiger partial charge in [0, 0.05) is 12.6 Å². The first-order valence-corrected chi connectivity index (χ1v) is 4.22. The van der Waals surface area contributed by atoms with E-state index in [2.05, 4.69) is 20.8 Å². The summed E-state index contributed by atoms with van der Waals surface area (Å²) < 4.78 is 0. The molecule has 0 spiro atoms. The molecule has 0 radical (unpaired) electrons. The summed E-state index contributed by atoms with van der Waals surface area (Å²) in [6, 6.07) is -0.248. The van der Waals surface area contributed by atoms with Crippen LogP contribution in [0.5, 0.6) is 0 Å². The van der Waals surface area contributed by atoms with Crippen LogP contribution >= 0.6 is 0 Å². The Balaban J connectivity index is 4.13. The Kier molecular flexibility index (Phi) is 3.65. The first kappa shape index (κ1) is 11.8. The lowest BCUT2D eigenvalue weighted by Gasteiger charge is -2.34. The summed E-state index contributed by atoms with van der Waals surface area (Å²) >= 11 is 0.